The van der Waals surface area contributed by atoms with E-state index in [-0.39, 0.29) is 18.0 Å². The highest BCUT2D eigenvalue weighted by molar-refractivity contribution is 5.98. The Balaban J connectivity index is 2.20. The molecule has 1 aliphatic rings. The predicted octanol–water partition coefficient (Wildman–Crippen LogP) is 2.82. The van der Waals surface area contributed by atoms with E-state index >= 15 is 0 Å². The maximum atomic E-state index is 12.9. The van der Waals surface area contributed by atoms with Crippen LogP contribution in [0.1, 0.15) is 51.9 Å². The van der Waals surface area contributed by atoms with Crippen LogP contribution in [0.15, 0.2) is 33.7 Å². The van der Waals surface area contributed by atoms with E-state index in [1.54, 1.807) is 20.2 Å². The number of nitrogens with one attached hydrogen (secondary N) is 2. The van der Waals surface area contributed by atoms with Crippen molar-refractivity contribution >= 4 is 12.6 Å². The number of carbonyl (C=O) groups excluding carboxylic acids is 1. The minimum absolute atomic E-state index is 0.0492. The average Bonchev–Trinajstić information content (AvgIpc) is 3.35. The second-order valence-corrected chi connectivity index (χ2v) is 7.33. The molecule has 0 radical (unpaired) electrons. The Labute approximate surface area is 161 Å². The van der Waals surface area contributed by atoms with Crippen LogP contribution in [-0.4, -0.2) is 35.2 Å². The second kappa shape index (κ2) is 8.33. The summed E-state index contributed by atoms with van der Waals surface area (Å²) in [7, 11) is 1.55. The number of hydrogen-bond donors (Lipinski definition) is 2. The van der Waals surface area contributed by atoms with Crippen LogP contribution in [0.3, 0.4) is 0 Å². The number of aromatic nitrogens is 2. The van der Waals surface area contributed by atoms with Gasteiger partial charge in [0.05, 0.1) is 12.7 Å². The number of methoxy groups -OCH3 is 1. The molecule has 7 nitrogen and oxygen atoms in total. The highest BCUT2D eigenvalue weighted by atomic mass is 16.5. The molecule has 146 valence electrons. The van der Waals surface area contributed by atoms with Crippen LogP contribution in [0.4, 0.5) is 0 Å². The molecule has 1 saturated carbocycles. The van der Waals surface area contributed by atoms with Crippen molar-refractivity contribution in [1.82, 2.24) is 20.6 Å². The number of carbonyl (C=O) groups is 1. The fourth-order valence-electron chi connectivity index (χ4n) is 2.78. The number of aryl methyl sites for hydroxylation is 1. The lowest BCUT2D eigenvalue weighted by molar-refractivity contribution is -0.117. The third-order valence-corrected chi connectivity index (χ3v) is 4.61. The zero-order valence-electron chi connectivity index (χ0n) is 17.1. The van der Waals surface area contributed by atoms with E-state index in [2.05, 4.69) is 39.2 Å². The van der Waals surface area contributed by atoms with Crippen molar-refractivity contribution in [2.24, 2.45) is 4.99 Å². The van der Waals surface area contributed by atoms with E-state index in [0.717, 1.165) is 29.6 Å². The van der Waals surface area contributed by atoms with Gasteiger partial charge in [0.2, 0.25) is 5.88 Å². The summed E-state index contributed by atoms with van der Waals surface area (Å²) in [5, 5.41) is 6.33. The van der Waals surface area contributed by atoms with E-state index in [9.17, 15) is 4.79 Å². The summed E-state index contributed by atoms with van der Waals surface area (Å²) in [6, 6.07) is 0. The van der Waals surface area contributed by atoms with Crippen LogP contribution >= 0.6 is 0 Å². The lowest BCUT2D eigenvalue weighted by Gasteiger charge is -2.18. The Morgan fingerprint density at radius 3 is 2.56 bits per heavy atom. The first-order valence-electron chi connectivity index (χ1n) is 8.99. The molecule has 2 N–H and O–H groups in total. The number of hydrogen-bond acceptors (Lipinski definition) is 6. The van der Waals surface area contributed by atoms with Gasteiger partial charge in [0.15, 0.2) is 0 Å². The molecule has 2 rings (SSSR count). The number of ether oxygens (including phenoxy) is 1. The Hall–Kier alpha value is -2.70. The summed E-state index contributed by atoms with van der Waals surface area (Å²) >= 11 is 0. The minimum atomic E-state index is -0.181. The van der Waals surface area contributed by atoms with Crippen molar-refractivity contribution in [2.45, 2.75) is 59.5 Å². The van der Waals surface area contributed by atoms with E-state index in [0.29, 0.717) is 23.1 Å². The molecule has 1 fully saturated rings. The van der Waals surface area contributed by atoms with Gasteiger partial charge in [0, 0.05) is 29.4 Å². The van der Waals surface area contributed by atoms with Gasteiger partial charge in [-0.3, -0.25) is 4.79 Å². The summed E-state index contributed by atoms with van der Waals surface area (Å²) in [4.78, 5) is 25.4. The van der Waals surface area contributed by atoms with Gasteiger partial charge in [-0.1, -0.05) is 5.57 Å². The van der Waals surface area contributed by atoms with Crippen LogP contribution < -0.4 is 15.4 Å². The van der Waals surface area contributed by atoms with Gasteiger partial charge in [-0.15, -0.1) is 0 Å². The largest absolute Gasteiger partial charge is 0.481 e. The lowest BCUT2D eigenvalue weighted by atomic mass is 10.0. The standard InChI is InChI=1S/C20H29N5O2/c1-12(2)16(13(3)17(21-6)25-20(5)8-9-20)18(26)23-11-15-10-22-14(4)24-19(15)27-7/h10,25H,6,8-9,11H2,1-5,7H3,(H,23,26)/b17-13-. The average molecular weight is 371 g/mol. The molecule has 0 aliphatic heterocycles. The van der Waals surface area contributed by atoms with Gasteiger partial charge in [-0.2, -0.15) is 4.98 Å². The maximum Gasteiger partial charge on any atom is 0.251 e. The third kappa shape index (κ3) is 5.15. The molecule has 27 heavy (non-hydrogen) atoms. The number of rotatable bonds is 8. The summed E-state index contributed by atoms with van der Waals surface area (Å²) < 4.78 is 5.27. The van der Waals surface area contributed by atoms with Crippen molar-refractivity contribution in [3.05, 3.63) is 40.1 Å². The van der Waals surface area contributed by atoms with Gasteiger partial charge in [-0.25, -0.2) is 9.98 Å². The van der Waals surface area contributed by atoms with Crippen molar-refractivity contribution in [2.75, 3.05) is 7.11 Å². The molecule has 0 bridgehead atoms. The Bertz CT molecular complexity index is 803. The monoisotopic (exact) mass is 371 g/mol. The first-order chi connectivity index (χ1) is 12.7. The minimum Gasteiger partial charge on any atom is -0.481 e. The lowest BCUT2D eigenvalue weighted by Crippen LogP contribution is -2.30. The fourth-order valence-corrected chi connectivity index (χ4v) is 2.78. The Kier molecular flexibility index (Phi) is 6.36. The van der Waals surface area contributed by atoms with Gasteiger partial charge < -0.3 is 15.4 Å². The molecule has 1 aliphatic carbocycles. The zero-order chi connectivity index (χ0) is 20.2. The molecule has 7 heteroatoms. The van der Waals surface area contributed by atoms with Crippen molar-refractivity contribution in [3.8, 4) is 5.88 Å². The smallest absolute Gasteiger partial charge is 0.251 e. The highest BCUT2D eigenvalue weighted by Gasteiger charge is 2.38. The zero-order valence-corrected chi connectivity index (χ0v) is 17.1. The first-order valence-corrected chi connectivity index (χ1v) is 8.99. The molecule has 0 unspecified atom stereocenters. The third-order valence-electron chi connectivity index (χ3n) is 4.61. The topological polar surface area (TPSA) is 88.5 Å². The molecule has 1 aromatic rings. The Morgan fingerprint density at radius 1 is 1.37 bits per heavy atom. The predicted molar refractivity (Wildman–Crippen MR) is 107 cm³/mol. The van der Waals surface area contributed by atoms with Crippen molar-refractivity contribution in [3.63, 3.8) is 0 Å². The molecule has 1 heterocycles. The molecule has 0 spiro atoms. The number of amides is 1. The van der Waals surface area contributed by atoms with Crippen LogP contribution in [-0.2, 0) is 11.3 Å². The van der Waals surface area contributed by atoms with E-state index in [1.165, 1.54) is 0 Å². The molecule has 0 aromatic carbocycles. The molecule has 1 amide bonds. The number of nitrogens with zero attached hydrogens (tertiary/aromatic N) is 3. The second-order valence-electron chi connectivity index (χ2n) is 7.33. The van der Waals surface area contributed by atoms with Gasteiger partial charge in [0.25, 0.3) is 5.91 Å². The SMILES string of the molecule is C=N/C(NC1(C)CC1)=C(\C)C(C(=O)NCc1cnc(C)nc1OC)=C(C)C. The van der Waals surface area contributed by atoms with E-state index in [1.807, 2.05) is 20.8 Å². The molecular weight excluding hydrogens is 342 g/mol. The highest BCUT2D eigenvalue weighted by Crippen LogP contribution is 2.36. The summed E-state index contributed by atoms with van der Waals surface area (Å²) in [5.74, 6) is 1.55. The molecular formula is C20H29N5O2. The molecule has 1 aromatic heterocycles. The van der Waals surface area contributed by atoms with Crippen LogP contribution in [0.25, 0.3) is 0 Å². The summed E-state index contributed by atoms with van der Waals surface area (Å²) in [5.41, 5.74) is 3.05. The van der Waals surface area contributed by atoms with Gasteiger partial charge >= 0.3 is 0 Å². The van der Waals surface area contributed by atoms with Gasteiger partial charge in [0.1, 0.15) is 11.6 Å². The molecule has 0 saturated heterocycles. The van der Waals surface area contributed by atoms with Gasteiger partial charge in [-0.05, 0) is 54.2 Å². The number of allylic oxidation sites excluding steroid dienone is 1. The molecule has 0 atom stereocenters. The van der Waals surface area contributed by atoms with E-state index < -0.39 is 0 Å². The van der Waals surface area contributed by atoms with Crippen molar-refractivity contribution in [1.29, 1.82) is 0 Å². The van der Waals surface area contributed by atoms with Crippen LogP contribution in [0, 0.1) is 6.92 Å². The van der Waals surface area contributed by atoms with Crippen LogP contribution in [0.2, 0.25) is 0 Å². The maximum absolute atomic E-state index is 12.9. The first kappa shape index (κ1) is 20.6. The normalized spacial score (nSPS) is 15.3. The number of aliphatic imine (C=N–C) groups is 1. The summed E-state index contributed by atoms with van der Waals surface area (Å²) in [6.07, 6.45) is 3.84. The quantitative estimate of drug-likeness (QED) is 0.417. The van der Waals surface area contributed by atoms with Crippen molar-refractivity contribution < 1.29 is 9.53 Å². The summed E-state index contributed by atoms with van der Waals surface area (Å²) in [6.45, 7) is 13.6. The Morgan fingerprint density at radius 2 is 2.04 bits per heavy atom. The van der Waals surface area contributed by atoms with Crippen LogP contribution in [0.5, 0.6) is 5.88 Å². The fraction of sp³-hybridized carbons (Fsp3) is 0.500. The van der Waals surface area contributed by atoms with E-state index in [4.69, 9.17) is 4.74 Å².